The van der Waals surface area contributed by atoms with E-state index in [1.807, 2.05) is 0 Å². The number of allylic oxidation sites excluding steroid dienone is 4. The normalized spacial score (nSPS) is 14.4. The van der Waals surface area contributed by atoms with E-state index in [0.717, 1.165) is 19.3 Å². The van der Waals surface area contributed by atoms with E-state index in [9.17, 15) is 0 Å². The van der Waals surface area contributed by atoms with E-state index in [4.69, 9.17) is 0 Å². The first-order chi connectivity index (χ1) is 19.0. The van der Waals surface area contributed by atoms with Gasteiger partial charge in [-0.3, -0.25) is 0 Å². The van der Waals surface area contributed by atoms with Gasteiger partial charge in [0.1, 0.15) is 0 Å². The van der Waals surface area contributed by atoms with Gasteiger partial charge < -0.3 is 24.8 Å². The summed E-state index contributed by atoms with van der Waals surface area (Å²) >= 11 is -1.18. The Morgan fingerprint density at radius 1 is 0.756 bits per heavy atom. The minimum Gasteiger partial charge on any atom is -1.00 e. The van der Waals surface area contributed by atoms with Gasteiger partial charge in [-0.25, -0.2) is 0 Å². The van der Waals surface area contributed by atoms with Crippen LogP contribution in [-0.4, -0.2) is 3.21 Å². The Morgan fingerprint density at radius 3 is 1.93 bits per heavy atom. The summed E-state index contributed by atoms with van der Waals surface area (Å²) in [5.74, 6) is 0. The Morgan fingerprint density at radius 2 is 1.39 bits per heavy atom. The van der Waals surface area contributed by atoms with Gasteiger partial charge in [0.25, 0.3) is 0 Å². The Labute approximate surface area is 269 Å². The van der Waals surface area contributed by atoms with Gasteiger partial charge in [-0.05, 0) is 0 Å². The van der Waals surface area contributed by atoms with Crippen LogP contribution >= 0.6 is 0 Å². The average Bonchev–Trinajstić information content (AvgIpc) is 3.61. The van der Waals surface area contributed by atoms with E-state index in [0.29, 0.717) is 3.63 Å². The molecular weight excluding hydrogens is 619 g/mol. The molecule has 0 spiro atoms. The summed E-state index contributed by atoms with van der Waals surface area (Å²) in [7, 11) is 0. The molecular formula is C38H37Cl2Zr. The largest absolute Gasteiger partial charge is 1.00 e. The second-order valence-electron chi connectivity index (χ2n) is 11.0. The Balaban J connectivity index is 0.00000194. The summed E-state index contributed by atoms with van der Waals surface area (Å²) in [5, 5.41) is 0. The molecule has 0 amide bonds. The maximum Gasteiger partial charge on any atom is -1.00 e. The Bertz CT molecular complexity index is 1620. The molecule has 207 valence electrons. The molecule has 2 aliphatic carbocycles. The standard InChI is InChI=1S/C25H27.C13H10.2ClH.Zr/c1-6-18-12-15(3)23-20(13-18)14-22-24(23)17(5)16(4)21(7-2)25(22)19-10-8-9-11-19;1-3-7-12(8-4-1)11-13-9-5-2-6-10-13;;;/h8-10,12-14H,6-7,11H2,1-5H3;1-10H;2*1H;/q;;;;+2/p-2. The first kappa shape index (κ1) is 31.6. The monoisotopic (exact) mass is 653 g/mol. The van der Waals surface area contributed by atoms with Crippen LogP contribution < -0.4 is 24.8 Å². The minimum absolute atomic E-state index is 0. The maximum atomic E-state index is 2.58. The number of aryl methyl sites for hydroxylation is 2. The van der Waals surface area contributed by atoms with Gasteiger partial charge in [-0.15, -0.1) is 0 Å². The summed E-state index contributed by atoms with van der Waals surface area (Å²) in [4.78, 5) is 0. The van der Waals surface area contributed by atoms with Crippen molar-refractivity contribution in [2.45, 2.75) is 57.5 Å². The number of halogens is 2. The van der Waals surface area contributed by atoms with Crippen molar-refractivity contribution in [3.63, 3.8) is 0 Å². The average molecular weight is 656 g/mol. The number of rotatable bonds is 6. The van der Waals surface area contributed by atoms with E-state index in [-0.39, 0.29) is 24.8 Å². The van der Waals surface area contributed by atoms with Crippen molar-refractivity contribution >= 4 is 8.78 Å². The van der Waals surface area contributed by atoms with E-state index in [2.05, 4.69) is 126 Å². The van der Waals surface area contributed by atoms with Crippen molar-refractivity contribution in [2.24, 2.45) is 0 Å². The molecule has 0 nitrogen and oxygen atoms in total. The first-order valence-corrected chi connectivity index (χ1v) is 17.1. The smallest absolute Gasteiger partial charge is 1.00 e. The molecule has 4 aromatic carbocycles. The first-order valence-electron chi connectivity index (χ1n) is 14.4. The Hall–Kier alpha value is -2.31. The van der Waals surface area contributed by atoms with Crippen LogP contribution in [0.25, 0.3) is 16.7 Å². The van der Waals surface area contributed by atoms with Gasteiger partial charge in [-0.2, -0.15) is 0 Å². The predicted molar refractivity (Wildman–Crippen MR) is 165 cm³/mol. The van der Waals surface area contributed by atoms with Crippen LogP contribution in [0.4, 0.5) is 0 Å². The van der Waals surface area contributed by atoms with Gasteiger partial charge in [-0.1, -0.05) is 0 Å². The van der Waals surface area contributed by atoms with Crippen molar-refractivity contribution < 1.29 is 47.6 Å². The topological polar surface area (TPSA) is 0 Å². The fraction of sp³-hybridized carbons (Fsp3) is 0.237. The molecule has 0 aliphatic heterocycles. The third-order valence-electron chi connectivity index (χ3n) is 8.77. The molecule has 3 heteroatoms. The zero-order valence-corrected chi connectivity index (χ0v) is 28.6. The summed E-state index contributed by atoms with van der Waals surface area (Å²) in [5.41, 5.74) is 19.7. The van der Waals surface area contributed by atoms with Crippen molar-refractivity contribution in [1.82, 2.24) is 0 Å². The fourth-order valence-electron chi connectivity index (χ4n) is 6.80. The van der Waals surface area contributed by atoms with E-state index >= 15 is 0 Å². The molecule has 0 radical (unpaired) electrons. The molecule has 0 bridgehead atoms. The summed E-state index contributed by atoms with van der Waals surface area (Å²) in [6.45, 7) is 11.8. The third kappa shape index (κ3) is 5.59. The van der Waals surface area contributed by atoms with E-state index in [1.54, 1.807) is 31.0 Å². The van der Waals surface area contributed by atoms with E-state index < -0.39 is 22.8 Å². The quantitative estimate of drug-likeness (QED) is 0.299. The molecule has 2 aliphatic rings. The number of benzene rings is 4. The SMILES string of the molecule is CCc1cc(C)c2c(c1)[CH]([Zr+2]=[C](c1ccccc1)c1ccccc1)c1c(C3=CC=CC3)c(CC)c(C)c(C)c1-2.[Cl-].[Cl-]. The van der Waals surface area contributed by atoms with Crippen molar-refractivity contribution in [2.75, 3.05) is 0 Å². The molecule has 0 N–H and O–H groups in total. The summed E-state index contributed by atoms with van der Waals surface area (Å²) in [6.07, 6.45) is 10.2. The van der Waals surface area contributed by atoms with Crippen LogP contribution in [0, 0.1) is 20.8 Å². The molecule has 0 fully saturated rings. The second-order valence-corrected chi connectivity index (χ2v) is 14.3. The summed E-state index contributed by atoms with van der Waals surface area (Å²) < 4.78 is 2.09. The van der Waals surface area contributed by atoms with Crippen molar-refractivity contribution in [3.05, 3.63) is 147 Å². The molecule has 0 saturated heterocycles. The van der Waals surface area contributed by atoms with Crippen LogP contribution in [0.3, 0.4) is 0 Å². The van der Waals surface area contributed by atoms with Crippen LogP contribution in [0.5, 0.6) is 0 Å². The van der Waals surface area contributed by atoms with Crippen LogP contribution in [0.15, 0.2) is 91.0 Å². The molecule has 1 unspecified atom stereocenters. The zero-order valence-electron chi connectivity index (χ0n) is 24.6. The minimum atomic E-state index is -1.18. The van der Waals surface area contributed by atoms with Gasteiger partial charge in [0.2, 0.25) is 0 Å². The molecule has 0 saturated carbocycles. The summed E-state index contributed by atoms with van der Waals surface area (Å²) in [6, 6.07) is 27.5. The molecule has 0 aromatic heterocycles. The molecule has 6 rings (SSSR count). The van der Waals surface area contributed by atoms with Gasteiger partial charge in [0, 0.05) is 0 Å². The van der Waals surface area contributed by atoms with Crippen molar-refractivity contribution in [1.29, 1.82) is 0 Å². The number of hydrogen-bond donors (Lipinski definition) is 0. The number of hydrogen-bond acceptors (Lipinski definition) is 0. The molecule has 41 heavy (non-hydrogen) atoms. The van der Waals surface area contributed by atoms with Crippen LogP contribution in [0.2, 0.25) is 0 Å². The van der Waals surface area contributed by atoms with Gasteiger partial charge >= 0.3 is 247 Å². The van der Waals surface area contributed by atoms with Gasteiger partial charge in [0.15, 0.2) is 0 Å². The van der Waals surface area contributed by atoms with E-state index in [1.165, 1.54) is 44.5 Å². The van der Waals surface area contributed by atoms with Crippen LogP contribution in [-0.2, 0) is 35.6 Å². The van der Waals surface area contributed by atoms with Gasteiger partial charge in [0.05, 0.1) is 0 Å². The maximum absolute atomic E-state index is 2.58. The molecule has 1 atom stereocenters. The molecule has 0 heterocycles. The number of fused-ring (bicyclic) bond motifs is 3. The van der Waals surface area contributed by atoms with Crippen LogP contribution in [0.1, 0.15) is 79.5 Å². The predicted octanol–water partition coefficient (Wildman–Crippen LogP) is 3.51. The third-order valence-corrected chi connectivity index (χ3v) is 13.1. The fourth-order valence-corrected chi connectivity index (χ4v) is 11.2. The molecule has 4 aromatic rings. The zero-order chi connectivity index (χ0) is 27.1. The van der Waals surface area contributed by atoms with Crippen molar-refractivity contribution in [3.8, 4) is 11.1 Å². The second kappa shape index (κ2) is 13.3. The Kier molecular flexibility index (Phi) is 10.3.